The lowest BCUT2D eigenvalue weighted by Crippen LogP contribution is -2.26. The van der Waals surface area contributed by atoms with Gasteiger partial charge in [0.25, 0.3) is 0 Å². The van der Waals surface area contributed by atoms with E-state index >= 15 is 0 Å². The van der Waals surface area contributed by atoms with Crippen molar-refractivity contribution in [3.05, 3.63) is 222 Å². The molecular weight excluding hydrogens is 739 g/mol. The van der Waals surface area contributed by atoms with Crippen LogP contribution in [0.4, 0.5) is 17.1 Å². The molecule has 0 saturated heterocycles. The molecule has 0 N–H and O–H groups in total. The van der Waals surface area contributed by atoms with Gasteiger partial charge in [-0.2, -0.15) is 0 Å². The second-order valence-electron chi connectivity index (χ2n) is 15.4. The average Bonchev–Trinajstić information content (AvgIpc) is 3.95. The Kier molecular flexibility index (Phi) is 7.75. The number of rotatable bonds is 6. The molecule has 0 atom stereocenters. The average molecular weight is 776 g/mol. The van der Waals surface area contributed by atoms with Gasteiger partial charge in [0.1, 0.15) is 13.2 Å². The summed E-state index contributed by atoms with van der Waals surface area (Å²) in [4.78, 5) is 4.59. The van der Waals surface area contributed by atoms with Crippen molar-refractivity contribution >= 4 is 28.4 Å². The number of anilines is 3. The van der Waals surface area contributed by atoms with Crippen LogP contribution in [0.2, 0.25) is 0 Å². The van der Waals surface area contributed by atoms with Crippen LogP contribution in [0.15, 0.2) is 200 Å². The molecule has 3 nitrogen and oxygen atoms in total. The zero-order valence-electron chi connectivity index (χ0n) is 32.1. The van der Waals surface area contributed by atoms with Gasteiger partial charge in [-0.15, -0.1) is 11.3 Å². The Balaban J connectivity index is 1.03. The fourth-order valence-electron chi connectivity index (χ4n) is 9.78. The number of hydrogen-bond donors (Lipinski definition) is 0. The molecule has 0 fully saturated rings. The molecule has 3 aliphatic rings. The first-order valence-corrected chi connectivity index (χ1v) is 21.1. The predicted molar refractivity (Wildman–Crippen MR) is 243 cm³/mol. The third kappa shape index (κ3) is 5.13. The maximum absolute atomic E-state index is 6.32. The minimum absolute atomic E-state index is 0.432. The minimum Gasteiger partial charge on any atom is -0.485 e. The molecule has 59 heavy (non-hydrogen) atoms. The Hall–Kier alpha value is -7.14. The Morgan fingerprint density at radius 3 is 1.27 bits per heavy atom. The first-order valence-electron chi connectivity index (χ1n) is 20.2. The molecule has 0 saturated carbocycles. The lowest BCUT2D eigenvalue weighted by molar-refractivity contribution is 0.175. The van der Waals surface area contributed by atoms with Crippen molar-refractivity contribution in [3.63, 3.8) is 0 Å². The zero-order chi connectivity index (χ0) is 38.9. The second kappa shape index (κ2) is 13.5. The van der Waals surface area contributed by atoms with Crippen LogP contribution in [0.5, 0.6) is 11.5 Å². The van der Waals surface area contributed by atoms with Crippen LogP contribution < -0.4 is 14.4 Å². The summed E-state index contributed by atoms with van der Waals surface area (Å²) in [6.45, 7) is 1.08. The summed E-state index contributed by atoms with van der Waals surface area (Å²) in [5, 5.41) is 0. The summed E-state index contributed by atoms with van der Waals surface area (Å²) in [7, 11) is 0. The van der Waals surface area contributed by atoms with E-state index < -0.39 is 5.41 Å². The molecule has 2 heterocycles. The third-order valence-electron chi connectivity index (χ3n) is 12.3. The summed E-state index contributed by atoms with van der Waals surface area (Å²) in [6.07, 6.45) is 0. The van der Waals surface area contributed by atoms with E-state index in [4.69, 9.17) is 9.47 Å². The van der Waals surface area contributed by atoms with Gasteiger partial charge in [0.05, 0.1) is 15.2 Å². The maximum Gasteiger partial charge on any atom is 0.180 e. The molecule has 2 aliphatic carbocycles. The van der Waals surface area contributed by atoms with Crippen LogP contribution in [-0.2, 0) is 5.41 Å². The maximum atomic E-state index is 6.32. The topological polar surface area (TPSA) is 21.7 Å². The molecule has 0 amide bonds. The largest absolute Gasteiger partial charge is 0.485 e. The molecule has 0 unspecified atom stereocenters. The van der Waals surface area contributed by atoms with Gasteiger partial charge in [-0.1, -0.05) is 164 Å². The van der Waals surface area contributed by atoms with E-state index in [2.05, 4.69) is 199 Å². The van der Waals surface area contributed by atoms with Crippen molar-refractivity contribution < 1.29 is 9.47 Å². The Labute approximate surface area is 348 Å². The van der Waals surface area contributed by atoms with Crippen molar-refractivity contribution in [2.24, 2.45) is 0 Å². The first-order chi connectivity index (χ1) is 29.3. The van der Waals surface area contributed by atoms with Gasteiger partial charge in [-0.25, -0.2) is 0 Å². The molecule has 280 valence electrons. The van der Waals surface area contributed by atoms with Gasteiger partial charge in [0, 0.05) is 17.1 Å². The molecule has 12 rings (SSSR count). The lowest BCUT2D eigenvalue weighted by atomic mass is 9.70. The Morgan fingerprint density at radius 2 is 0.746 bits per heavy atom. The van der Waals surface area contributed by atoms with Crippen LogP contribution in [0, 0.1) is 0 Å². The van der Waals surface area contributed by atoms with Crippen LogP contribution in [-0.4, -0.2) is 13.2 Å². The smallest absolute Gasteiger partial charge is 0.180 e. The van der Waals surface area contributed by atoms with E-state index in [1.54, 1.807) is 11.3 Å². The van der Waals surface area contributed by atoms with E-state index in [9.17, 15) is 0 Å². The van der Waals surface area contributed by atoms with Crippen LogP contribution >= 0.6 is 11.3 Å². The molecule has 9 aromatic rings. The fourth-order valence-corrected chi connectivity index (χ4v) is 11.0. The van der Waals surface area contributed by atoms with Crippen molar-refractivity contribution in [2.45, 2.75) is 5.41 Å². The second-order valence-corrected chi connectivity index (χ2v) is 16.4. The first kappa shape index (κ1) is 33.9. The highest BCUT2D eigenvalue weighted by molar-refractivity contribution is 7.19. The Morgan fingerprint density at radius 1 is 0.356 bits per heavy atom. The van der Waals surface area contributed by atoms with Gasteiger partial charge < -0.3 is 14.4 Å². The zero-order valence-corrected chi connectivity index (χ0v) is 33.0. The number of nitrogens with zero attached hydrogens (tertiary/aromatic N) is 1. The van der Waals surface area contributed by atoms with Crippen LogP contribution in [0.1, 0.15) is 22.3 Å². The molecule has 1 aliphatic heterocycles. The minimum atomic E-state index is -0.432. The number of fused-ring (bicyclic) bond motifs is 11. The summed E-state index contributed by atoms with van der Waals surface area (Å²) >= 11 is 1.73. The predicted octanol–water partition coefficient (Wildman–Crippen LogP) is 14.3. The van der Waals surface area contributed by atoms with E-state index in [1.165, 1.54) is 55.6 Å². The SMILES string of the molecule is c1ccc(-c2ccc(N(c3ccc(-c4sc(-c5ccccc5)c5c4OCCO5)cc3)c3ccc4c(c3)C3(c5ccccc5-c5ccccc53)c3ccccc3-4)cc2)cc1. The number of ether oxygens (including phenoxy) is 2. The summed E-state index contributed by atoms with van der Waals surface area (Å²) in [5.41, 5.74) is 18.0. The van der Waals surface area contributed by atoms with Crippen LogP contribution in [0.3, 0.4) is 0 Å². The molecule has 1 spiro atoms. The molecule has 0 radical (unpaired) electrons. The lowest BCUT2D eigenvalue weighted by Gasteiger charge is -2.32. The summed E-state index contributed by atoms with van der Waals surface area (Å²) in [5.74, 6) is 1.68. The van der Waals surface area contributed by atoms with Crippen LogP contribution in [0.25, 0.3) is 54.3 Å². The van der Waals surface area contributed by atoms with E-state index in [0.717, 1.165) is 49.4 Å². The Bertz CT molecular complexity index is 2980. The standard InChI is InChI=1S/C55H37NO2S/c1-3-13-36(14-4-1)37-23-27-40(28-24-37)56(41-29-25-39(26-30-41)54-52-51(57-33-34-58-52)53(59-54)38-15-5-2-6-16-38)42-31-32-46-45-19-9-12-22-49(45)55(50(46)35-42)47-20-10-7-17-43(47)44-18-8-11-21-48(44)55/h1-32,35H,33-34H2. The highest BCUT2D eigenvalue weighted by atomic mass is 32.1. The number of thiophene rings is 1. The van der Waals surface area contributed by atoms with Crippen molar-refractivity contribution in [1.29, 1.82) is 0 Å². The summed E-state index contributed by atoms with van der Waals surface area (Å²) in [6, 6.07) is 73.1. The van der Waals surface area contributed by atoms with E-state index in [1.807, 2.05) is 6.07 Å². The fraction of sp³-hybridized carbons (Fsp3) is 0.0545. The molecular formula is C55H37NO2S. The molecule has 4 heteroatoms. The molecule has 0 bridgehead atoms. The van der Waals surface area contributed by atoms with Gasteiger partial charge >= 0.3 is 0 Å². The quantitative estimate of drug-likeness (QED) is 0.168. The third-order valence-corrected chi connectivity index (χ3v) is 13.5. The van der Waals surface area contributed by atoms with E-state index in [0.29, 0.717) is 13.2 Å². The van der Waals surface area contributed by atoms with Crippen molar-refractivity contribution in [1.82, 2.24) is 0 Å². The van der Waals surface area contributed by atoms with Gasteiger partial charge in [0.2, 0.25) is 0 Å². The number of benzene rings is 8. The highest BCUT2D eigenvalue weighted by Crippen LogP contribution is 2.63. The van der Waals surface area contributed by atoms with Crippen molar-refractivity contribution in [3.8, 4) is 65.8 Å². The monoisotopic (exact) mass is 775 g/mol. The van der Waals surface area contributed by atoms with Crippen molar-refractivity contribution in [2.75, 3.05) is 18.1 Å². The van der Waals surface area contributed by atoms with E-state index in [-0.39, 0.29) is 0 Å². The summed E-state index contributed by atoms with van der Waals surface area (Å²) < 4.78 is 12.6. The molecule has 1 aromatic heterocycles. The number of hydrogen-bond acceptors (Lipinski definition) is 4. The van der Waals surface area contributed by atoms with Gasteiger partial charge in [-0.05, 0) is 103 Å². The highest BCUT2D eigenvalue weighted by Gasteiger charge is 2.51. The molecule has 8 aromatic carbocycles. The van der Waals surface area contributed by atoms with Gasteiger partial charge in [-0.3, -0.25) is 0 Å². The van der Waals surface area contributed by atoms with Gasteiger partial charge in [0.15, 0.2) is 11.5 Å². The normalized spacial score (nSPS) is 13.7.